The Bertz CT molecular complexity index is 644. The molecule has 128 valence electrons. The molecule has 0 amide bonds. The van der Waals surface area contributed by atoms with Crippen molar-refractivity contribution < 1.29 is 17.5 Å². The lowest BCUT2D eigenvalue weighted by Crippen LogP contribution is -2.57. The molecule has 2 saturated heterocycles. The van der Waals surface area contributed by atoms with E-state index in [1.165, 1.54) is 6.26 Å². The van der Waals surface area contributed by atoms with Gasteiger partial charge >= 0.3 is 0 Å². The topological polar surface area (TPSA) is 84.4 Å². The first-order valence-electron chi connectivity index (χ1n) is 7.66. The molecular formula is C14H21FN4O3S. The molecule has 2 aliphatic heterocycles. The molecule has 1 unspecified atom stereocenters. The maximum atomic E-state index is 12.9. The quantitative estimate of drug-likeness (QED) is 0.862. The van der Waals surface area contributed by atoms with Crippen LogP contribution in [0.5, 0.6) is 0 Å². The predicted molar refractivity (Wildman–Crippen MR) is 83.1 cm³/mol. The van der Waals surface area contributed by atoms with Gasteiger partial charge in [-0.1, -0.05) is 0 Å². The number of ether oxygens (including phenoxy) is 1. The molecule has 0 aliphatic carbocycles. The van der Waals surface area contributed by atoms with Crippen molar-refractivity contribution in [3.8, 4) is 0 Å². The van der Waals surface area contributed by atoms with E-state index in [9.17, 15) is 12.8 Å². The van der Waals surface area contributed by atoms with Gasteiger partial charge < -0.3 is 9.64 Å². The van der Waals surface area contributed by atoms with Crippen molar-refractivity contribution in [1.29, 1.82) is 0 Å². The lowest BCUT2D eigenvalue weighted by molar-refractivity contribution is -0.0233. The molecule has 1 N–H and O–H groups in total. The third-order valence-corrected chi connectivity index (χ3v) is 5.49. The SMILES string of the molecule is CS(=O)(=O)NC1COCCC12CCN(c1ncc(F)cn1)CC2. The van der Waals surface area contributed by atoms with E-state index in [4.69, 9.17) is 4.74 Å². The summed E-state index contributed by atoms with van der Waals surface area (Å²) >= 11 is 0. The molecule has 1 spiro atoms. The Morgan fingerprint density at radius 3 is 2.57 bits per heavy atom. The summed E-state index contributed by atoms with van der Waals surface area (Å²) in [6.07, 6.45) is 5.98. The van der Waals surface area contributed by atoms with Gasteiger partial charge in [0.2, 0.25) is 16.0 Å². The molecule has 23 heavy (non-hydrogen) atoms. The molecular weight excluding hydrogens is 323 g/mol. The van der Waals surface area contributed by atoms with E-state index >= 15 is 0 Å². The van der Waals surface area contributed by atoms with Crippen molar-refractivity contribution >= 4 is 16.0 Å². The van der Waals surface area contributed by atoms with E-state index in [1.54, 1.807) is 0 Å². The Balaban J connectivity index is 1.71. The number of hydrogen-bond donors (Lipinski definition) is 1. The van der Waals surface area contributed by atoms with E-state index < -0.39 is 15.8 Å². The predicted octanol–water partition coefficient (Wildman–Crippen LogP) is 0.540. The Kier molecular flexibility index (Phi) is 4.52. The highest BCUT2D eigenvalue weighted by atomic mass is 32.2. The van der Waals surface area contributed by atoms with Crippen LogP contribution in [-0.4, -0.2) is 57.0 Å². The second kappa shape index (κ2) is 6.29. The molecule has 0 aromatic carbocycles. The first-order valence-corrected chi connectivity index (χ1v) is 9.55. The largest absolute Gasteiger partial charge is 0.380 e. The van der Waals surface area contributed by atoms with Gasteiger partial charge in [0.15, 0.2) is 5.82 Å². The van der Waals surface area contributed by atoms with Gasteiger partial charge in [-0.25, -0.2) is 27.5 Å². The van der Waals surface area contributed by atoms with Crippen LogP contribution in [0.15, 0.2) is 12.4 Å². The molecule has 1 aromatic heterocycles. The maximum Gasteiger partial charge on any atom is 0.225 e. The summed E-state index contributed by atoms with van der Waals surface area (Å²) in [6, 6.07) is -0.206. The smallest absolute Gasteiger partial charge is 0.225 e. The molecule has 1 aromatic rings. The average Bonchev–Trinajstić information content (AvgIpc) is 2.50. The molecule has 0 saturated carbocycles. The number of anilines is 1. The Morgan fingerprint density at radius 2 is 1.96 bits per heavy atom. The van der Waals surface area contributed by atoms with E-state index in [-0.39, 0.29) is 11.5 Å². The van der Waals surface area contributed by atoms with Crippen LogP contribution in [0.4, 0.5) is 10.3 Å². The van der Waals surface area contributed by atoms with Crippen molar-refractivity contribution in [3.05, 3.63) is 18.2 Å². The van der Waals surface area contributed by atoms with E-state index in [1.807, 2.05) is 4.90 Å². The van der Waals surface area contributed by atoms with Crippen LogP contribution in [0.2, 0.25) is 0 Å². The number of halogens is 1. The summed E-state index contributed by atoms with van der Waals surface area (Å²) in [5.41, 5.74) is -0.0993. The van der Waals surface area contributed by atoms with E-state index in [2.05, 4.69) is 14.7 Å². The Morgan fingerprint density at radius 1 is 1.30 bits per heavy atom. The molecule has 2 aliphatic rings. The van der Waals surface area contributed by atoms with E-state index in [0.717, 1.165) is 31.7 Å². The fraction of sp³-hybridized carbons (Fsp3) is 0.714. The van der Waals surface area contributed by atoms with Crippen LogP contribution in [-0.2, 0) is 14.8 Å². The lowest BCUT2D eigenvalue weighted by atomic mass is 9.69. The molecule has 9 heteroatoms. The number of sulfonamides is 1. The Hall–Kier alpha value is -1.32. The summed E-state index contributed by atoms with van der Waals surface area (Å²) < 4.78 is 44.3. The van der Waals surface area contributed by atoms with Gasteiger partial charge in [0.25, 0.3) is 0 Å². The second-order valence-corrected chi connectivity index (χ2v) is 8.10. The highest BCUT2D eigenvalue weighted by Crippen LogP contribution is 2.41. The van der Waals surface area contributed by atoms with Crippen LogP contribution in [0, 0.1) is 11.2 Å². The number of hydrogen-bond acceptors (Lipinski definition) is 6. The van der Waals surface area contributed by atoms with Gasteiger partial charge in [-0.05, 0) is 24.7 Å². The summed E-state index contributed by atoms with van der Waals surface area (Å²) in [6.45, 7) is 2.48. The van der Waals surface area contributed by atoms with Crippen molar-refractivity contribution in [2.24, 2.45) is 5.41 Å². The van der Waals surface area contributed by atoms with Crippen molar-refractivity contribution in [3.63, 3.8) is 0 Å². The number of rotatable bonds is 3. The van der Waals surface area contributed by atoms with Gasteiger partial charge in [0.05, 0.1) is 31.3 Å². The normalized spacial score (nSPS) is 24.8. The molecule has 0 radical (unpaired) electrons. The molecule has 3 rings (SSSR count). The third kappa shape index (κ3) is 3.78. The molecule has 2 fully saturated rings. The average molecular weight is 344 g/mol. The van der Waals surface area contributed by atoms with Crippen LogP contribution in [0.3, 0.4) is 0 Å². The zero-order chi connectivity index (χ0) is 16.5. The van der Waals surface area contributed by atoms with Gasteiger partial charge in [-0.2, -0.15) is 0 Å². The minimum atomic E-state index is -3.28. The summed E-state index contributed by atoms with van der Waals surface area (Å²) in [5.74, 6) is 0.0602. The third-order valence-electron chi connectivity index (χ3n) is 4.77. The summed E-state index contributed by atoms with van der Waals surface area (Å²) in [4.78, 5) is 10.0. The minimum absolute atomic E-state index is 0.0993. The molecule has 7 nitrogen and oxygen atoms in total. The number of piperidine rings is 1. The standard InChI is InChI=1S/C14H21FN4O3S/c1-23(20,21)18-12-10-22-7-4-14(12)2-5-19(6-3-14)13-16-8-11(15)9-17-13/h8-9,12,18H,2-7,10H2,1H3. The fourth-order valence-corrected chi connectivity index (χ4v) is 4.30. The van der Waals surface area contributed by atoms with Crippen molar-refractivity contribution in [1.82, 2.24) is 14.7 Å². The zero-order valence-corrected chi connectivity index (χ0v) is 13.9. The van der Waals surface area contributed by atoms with Crippen molar-refractivity contribution in [2.45, 2.75) is 25.3 Å². The molecule has 1 atom stereocenters. The summed E-state index contributed by atoms with van der Waals surface area (Å²) in [5, 5.41) is 0. The fourth-order valence-electron chi connectivity index (χ4n) is 3.46. The van der Waals surface area contributed by atoms with Gasteiger partial charge in [0.1, 0.15) is 0 Å². The first-order chi connectivity index (χ1) is 10.9. The highest BCUT2D eigenvalue weighted by Gasteiger charge is 2.44. The number of aromatic nitrogens is 2. The van der Waals surface area contributed by atoms with Crippen LogP contribution in [0.25, 0.3) is 0 Å². The van der Waals surface area contributed by atoms with Crippen LogP contribution in [0.1, 0.15) is 19.3 Å². The summed E-state index contributed by atoms with van der Waals surface area (Å²) in [7, 11) is -3.28. The Labute approximate surface area is 135 Å². The van der Waals surface area contributed by atoms with E-state index in [0.29, 0.717) is 32.3 Å². The number of nitrogens with one attached hydrogen (secondary N) is 1. The van der Waals surface area contributed by atoms with Gasteiger partial charge in [-0.15, -0.1) is 0 Å². The second-order valence-electron chi connectivity index (χ2n) is 6.32. The monoisotopic (exact) mass is 344 g/mol. The minimum Gasteiger partial charge on any atom is -0.380 e. The number of nitrogens with zero attached hydrogens (tertiary/aromatic N) is 3. The molecule has 0 bridgehead atoms. The van der Waals surface area contributed by atoms with Gasteiger partial charge in [-0.3, -0.25) is 0 Å². The highest BCUT2D eigenvalue weighted by molar-refractivity contribution is 7.88. The maximum absolute atomic E-state index is 12.9. The van der Waals surface area contributed by atoms with Crippen molar-refractivity contribution in [2.75, 3.05) is 37.5 Å². The molecule has 3 heterocycles. The van der Waals surface area contributed by atoms with Gasteiger partial charge in [0, 0.05) is 19.7 Å². The van der Waals surface area contributed by atoms with Crippen LogP contribution >= 0.6 is 0 Å². The van der Waals surface area contributed by atoms with Crippen LogP contribution < -0.4 is 9.62 Å². The zero-order valence-electron chi connectivity index (χ0n) is 13.0. The lowest BCUT2D eigenvalue weighted by Gasteiger charge is -2.48. The first kappa shape index (κ1) is 16.5.